The number of aliphatic hydroxyl groups excluding tert-OH is 1. The molecule has 0 amide bonds. The van der Waals surface area contributed by atoms with E-state index < -0.39 is 19.8 Å². The number of hydrogen-bond donors (Lipinski definition) is 5. The molecular formula is C11H17N3O5P+. The van der Waals surface area contributed by atoms with E-state index in [4.69, 9.17) is 26.2 Å². The number of nitrogens with two attached hydrogens (primary N) is 1. The van der Waals surface area contributed by atoms with Crippen LogP contribution in [-0.2, 0) is 9.36 Å². The third-order valence-electron chi connectivity index (χ3n) is 2.09. The Hall–Kier alpha value is -2.02. The normalized spacial score (nSPS) is 11.7. The second kappa shape index (κ2) is 8.98. The zero-order valence-electron chi connectivity index (χ0n) is 10.8. The molecule has 0 saturated heterocycles. The Labute approximate surface area is 116 Å². The van der Waals surface area contributed by atoms with E-state index in [-0.39, 0.29) is 12.5 Å². The summed E-state index contributed by atoms with van der Waals surface area (Å²) in [6, 6.07) is 8.40. The number of guanidine groups is 1. The van der Waals surface area contributed by atoms with Crippen LogP contribution in [0.25, 0.3) is 0 Å². The van der Waals surface area contributed by atoms with Gasteiger partial charge in [-0.25, -0.2) is 0 Å². The molecule has 1 aromatic rings. The summed E-state index contributed by atoms with van der Waals surface area (Å²) in [7, 11) is -1.09. The fourth-order valence-corrected chi connectivity index (χ4v) is 1.47. The Morgan fingerprint density at radius 3 is 2.25 bits per heavy atom. The maximum atomic E-state index is 10.4. The number of nitrogens with zero attached hydrogens (tertiary/aromatic N) is 1. The van der Waals surface area contributed by atoms with Gasteiger partial charge in [-0.1, -0.05) is 30.3 Å². The minimum atomic E-state index is -2.53. The first kappa shape index (κ1) is 18.0. The fourth-order valence-electron chi connectivity index (χ4n) is 1.04. The summed E-state index contributed by atoms with van der Waals surface area (Å²) < 4.78 is 10.4. The summed E-state index contributed by atoms with van der Waals surface area (Å²) in [6.45, 7) is -0.227. The minimum Gasteiger partial charge on any atom is -0.480 e. The number of benzene rings is 1. The fraction of sp³-hybridized carbons (Fsp3) is 0.273. The molecule has 2 unspecified atom stereocenters. The van der Waals surface area contributed by atoms with Crippen LogP contribution >= 0.6 is 8.03 Å². The molecule has 0 aliphatic carbocycles. The molecule has 9 heteroatoms. The van der Waals surface area contributed by atoms with E-state index in [1.54, 1.807) is 30.3 Å². The van der Waals surface area contributed by atoms with Gasteiger partial charge in [-0.15, -0.1) is 0 Å². The van der Waals surface area contributed by atoms with Crippen LogP contribution in [0.3, 0.4) is 0 Å². The Balaban J connectivity index is 0.000000370. The van der Waals surface area contributed by atoms with Crippen LogP contribution in [0.1, 0.15) is 11.4 Å². The van der Waals surface area contributed by atoms with Crippen molar-refractivity contribution in [1.82, 2.24) is 4.90 Å². The van der Waals surface area contributed by atoms with E-state index in [1.807, 2.05) is 0 Å². The van der Waals surface area contributed by atoms with Gasteiger partial charge in [-0.05, 0) is 4.57 Å². The molecule has 0 aliphatic rings. The Morgan fingerprint density at radius 2 is 1.95 bits per heavy atom. The smallest absolute Gasteiger partial charge is 0.480 e. The van der Waals surface area contributed by atoms with Crippen molar-refractivity contribution < 1.29 is 24.5 Å². The molecule has 0 spiro atoms. The minimum absolute atomic E-state index is 0.227. The number of aliphatic carboxylic acids is 1. The van der Waals surface area contributed by atoms with Crippen LogP contribution in [-0.4, -0.2) is 45.5 Å². The van der Waals surface area contributed by atoms with E-state index in [9.17, 15) is 9.36 Å². The van der Waals surface area contributed by atoms with Gasteiger partial charge in [-0.3, -0.25) is 10.2 Å². The number of rotatable bonds is 4. The van der Waals surface area contributed by atoms with Gasteiger partial charge in [0.05, 0.1) is 0 Å². The number of aliphatic hydroxyl groups is 1. The molecule has 1 aromatic carbocycles. The summed E-state index contributed by atoms with van der Waals surface area (Å²) >= 11 is 0. The van der Waals surface area contributed by atoms with Crippen molar-refractivity contribution in [1.29, 1.82) is 5.41 Å². The first-order chi connectivity index (χ1) is 9.25. The van der Waals surface area contributed by atoms with Gasteiger partial charge in [0.25, 0.3) is 0 Å². The second-order valence-corrected chi connectivity index (χ2v) is 4.82. The molecular weight excluding hydrogens is 285 g/mol. The van der Waals surface area contributed by atoms with E-state index in [1.165, 1.54) is 7.05 Å². The van der Waals surface area contributed by atoms with Gasteiger partial charge in [0, 0.05) is 12.6 Å². The average molecular weight is 302 g/mol. The van der Waals surface area contributed by atoms with Crippen LogP contribution in [0.15, 0.2) is 30.3 Å². The van der Waals surface area contributed by atoms with Gasteiger partial charge in [0.2, 0.25) is 0 Å². The van der Waals surface area contributed by atoms with Crippen molar-refractivity contribution in [2.75, 3.05) is 13.6 Å². The highest BCUT2D eigenvalue weighted by Gasteiger charge is 2.27. The lowest BCUT2D eigenvalue weighted by molar-refractivity contribution is -0.137. The first-order valence-electron chi connectivity index (χ1n) is 5.41. The lowest BCUT2D eigenvalue weighted by Crippen LogP contribution is -2.36. The van der Waals surface area contributed by atoms with Crippen molar-refractivity contribution in [3.8, 4) is 0 Å². The molecule has 8 nitrogen and oxygen atoms in total. The summed E-state index contributed by atoms with van der Waals surface area (Å²) in [5, 5.41) is 23.9. The Kier molecular flexibility index (Phi) is 8.07. The zero-order valence-corrected chi connectivity index (χ0v) is 11.7. The number of carboxylic acid groups (broad SMARTS) is 1. The van der Waals surface area contributed by atoms with Crippen molar-refractivity contribution >= 4 is 20.0 Å². The lowest BCUT2D eigenvalue weighted by atomic mass is 10.2. The molecule has 0 radical (unpaired) electrons. The maximum absolute atomic E-state index is 10.4. The standard InChI is InChI=1S/C7H7O3P.C4H9N3O2/c8-7(11(9)10)6-4-2-1-3-5-6;1-7(4(5)6)2-3(8)9/h1-5,7-8H;2H2,1H3,(H3,5,6)(H,8,9)/p+1. The summed E-state index contributed by atoms with van der Waals surface area (Å²) in [6.07, 6.45) is 0. The predicted octanol–water partition coefficient (Wildman–Crippen LogP) is 0.308. The van der Waals surface area contributed by atoms with Crippen molar-refractivity contribution in [2.45, 2.75) is 5.85 Å². The van der Waals surface area contributed by atoms with Crippen LogP contribution < -0.4 is 5.73 Å². The third-order valence-corrected chi connectivity index (χ3v) is 2.81. The maximum Gasteiger partial charge on any atom is 0.542 e. The summed E-state index contributed by atoms with van der Waals surface area (Å²) in [5.74, 6) is -2.49. The highest BCUT2D eigenvalue weighted by molar-refractivity contribution is 7.38. The molecule has 0 bridgehead atoms. The number of hydrogen-bond acceptors (Lipinski definition) is 4. The zero-order chi connectivity index (χ0) is 15.7. The van der Waals surface area contributed by atoms with Crippen LogP contribution in [0.2, 0.25) is 0 Å². The Morgan fingerprint density at radius 1 is 1.45 bits per heavy atom. The molecule has 0 saturated carbocycles. The molecule has 0 heterocycles. The quantitative estimate of drug-likeness (QED) is 0.305. The van der Waals surface area contributed by atoms with Crippen LogP contribution in [0.5, 0.6) is 0 Å². The van der Waals surface area contributed by atoms with E-state index in [2.05, 4.69) is 0 Å². The van der Waals surface area contributed by atoms with Gasteiger partial charge in [-0.2, -0.15) is 4.89 Å². The molecule has 110 valence electrons. The van der Waals surface area contributed by atoms with Gasteiger partial charge in [0.15, 0.2) is 5.96 Å². The van der Waals surface area contributed by atoms with E-state index in [0.29, 0.717) is 5.56 Å². The molecule has 2 atom stereocenters. The van der Waals surface area contributed by atoms with Crippen molar-refractivity contribution in [2.24, 2.45) is 5.73 Å². The summed E-state index contributed by atoms with van der Waals surface area (Å²) in [5.41, 5.74) is 5.40. The van der Waals surface area contributed by atoms with Gasteiger partial charge in [0.1, 0.15) is 6.54 Å². The number of carbonyl (C=O) groups is 1. The van der Waals surface area contributed by atoms with Gasteiger partial charge < -0.3 is 20.8 Å². The summed E-state index contributed by atoms with van der Waals surface area (Å²) in [4.78, 5) is 19.6. The molecule has 1 rings (SSSR count). The Bertz CT molecular complexity index is 468. The molecule has 6 N–H and O–H groups in total. The van der Waals surface area contributed by atoms with Crippen LogP contribution in [0.4, 0.5) is 0 Å². The predicted molar refractivity (Wildman–Crippen MR) is 73.4 cm³/mol. The second-order valence-electron chi connectivity index (χ2n) is 3.72. The monoisotopic (exact) mass is 302 g/mol. The third kappa shape index (κ3) is 7.42. The molecule has 0 fully saturated rings. The van der Waals surface area contributed by atoms with E-state index in [0.717, 1.165) is 4.90 Å². The van der Waals surface area contributed by atoms with E-state index >= 15 is 0 Å². The highest BCUT2D eigenvalue weighted by atomic mass is 31.1. The largest absolute Gasteiger partial charge is 0.542 e. The molecule has 0 aromatic heterocycles. The number of carboxylic acids is 1. The molecule has 0 aliphatic heterocycles. The number of likely N-dealkylation sites (N-methyl/N-ethyl adjacent to an activating group) is 1. The van der Waals surface area contributed by atoms with Crippen molar-refractivity contribution in [3.63, 3.8) is 0 Å². The lowest BCUT2D eigenvalue weighted by Gasteiger charge is -2.12. The highest BCUT2D eigenvalue weighted by Crippen LogP contribution is 2.34. The SMILES string of the molecule is CN(CC(=O)O)C(=N)N.O=[P+](O)C(O)c1ccccc1. The van der Waals surface area contributed by atoms with Gasteiger partial charge >= 0.3 is 19.8 Å². The van der Waals surface area contributed by atoms with Crippen molar-refractivity contribution in [3.05, 3.63) is 35.9 Å². The molecule has 20 heavy (non-hydrogen) atoms. The first-order valence-corrected chi connectivity index (χ1v) is 6.69. The number of nitrogens with one attached hydrogen (secondary N) is 1. The van der Waals surface area contributed by atoms with Crippen LogP contribution in [0, 0.1) is 5.41 Å². The average Bonchev–Trinajstić information content (AvgIpc) is 2.38. The topological polar surface area (TPSA) is 148 Å².